The van der Waals surface area contributed by atoms with Crippen molar-refractivity contribution in [1.29, 1.82) is 0 Å². The lowest BCUT2D eigenvalue weighted by Crippen LogP contribution is -2.11. The Morgan fingerprint density at radius 3 is 2.70 bits per heavy atom. The topological polar surface area (TPSA) is 52.9 Å². The molecule has 116 valence electrons. The van der Waals surface area contributed by atoms with Gasteiger partial charge in [0.25, 0.3) is 0 Å². The van der Waals surface area contributed by atoms with Crippen molar-refractivity contribution in [2.24, 2.45) is 0 Å². The Balaban J connectivity index is 2.09. The van der Waals surface area contributed by atoms with Gasteiger partial charge in [-0.2, -0.15) is 0 Å². The first-order chi connectivity index (χ1) is 9.77. The average Bonchev–Trinajstić information content (AvgIpc) is 2.80. The molecule has 0 saturated heterocycles. The van der Waals surface area contributed by atoms with E-state index in [4.69, 9.17) is 18.6 Å². The van der Waals surface area contributed by atoms with Crippen LogP contribution in [0.5, 0.6) is 0 Å². The maximum Gasteiger partial charge on any atom is 0.130 e. The van der Waals surface area contributed by atoms with Gasteiger partial charge in [-0.15, -0.1) is 0 Å². The lowest BCUT2D eigenvalue weighted by molar-refractivity contribution is 0.0451. The van der Waals surface area contributed by atoms with Gasteiger partial charge >= 0.3 is 0 Å². The van der Waals surface area contributed by atoms with E-state index in [0.717, 1.165) is 31.0 Å². The van der Waals surface area contributed by atoms with Crippen LogP contribution in [0.4, 0.5) is 0 Å². The summed E-state index contributed by atoms with van der Waals surface area (Å²) in [5.41, 5.74) is 1.17. The number of aryl methyl sites for hydroxylation is 1. The third kappa shape index (κ3) is 7.05. The summed E-state index contributed by atoms with van der Waals surface area (Å²) < 4.78 is 21.6. The number of ether oxygens (including phenoxy) is 3. The SMILES string of the molecule is CCNCc1oc(COCCCOCCOC)cc1C. The second-order valence-corrected chi connectivity index (χ2v) is 4.61. The van der Waals surface area contributed by atoms with Gasteiger partial charge in [0.2, 0.25) is 0 Å². The molecule has 0 fully saturated rings. The van der Waals surface area contributed by atoms with Gasteiger partial charge in [-0.1, -0.05) is 6.92 Å². The van der Waals surface area contributed by atoms with Crippen LogP contribution in [0, 0.1) is 6.92 Å². The lowest BCUT2D eigenvalue weighted by atomic mass is 10.2. The van der Waals surface area contributed by atoms with Crippen LogP contribution in [0.1, 0.15) is 30.4 Å². The highest BCUT2D eigenvalue weighted by Crippen LogP contribution is 2.15. The molecule has 0 aliphatic heterocycles. The summed E-state index contributed by atoms with van der Waals surface area (Å²) in [5, 5.41) is 3.26. The molecular weight excluding hydrogens is 258 g/mol. The van der Waals surface area contributed by atoms with Crippen molar-refractivity contribution < 1.29 is 18.6 Å². The molecule has 1 heterocycles. The van der Waals surface area contributed by atoms with Crippen LogP contribution in [0.25, 0.3) is 0 Å². The van der Waals surface area contributed by atoms with Crippen molar-refractivity contribution >= 4 is 0 Å². The van der Waals surface area contributed by atoms with Gasteiger partial charge in [0, 0.05) is 20.3 Å². The number of rotatable bonds is 12. The molecule has 0 aromatic carbocycles. The first-order valence-electron chi connectivity index (χ1n) is 7.21. The Morgan fingerprint density at radius 1 is 1.15 bits per heavy atom. The van der Waals surface area contributed by atoms with Crippen LogP contribution < -0.4 is 5.32 Å². The molecule has 0 atom stereocenters. The molecule has 1 rings (SSSR count). The fourth-order valence-electron chi connectivity index (χ4n) is 1.76. The van der Waals surface area contributed by atoms with Crippen molar-refractivity contribution in [3.05, 3.63) is 23.2 Å². The zero-order valence-corrected chi connectivity index (χ0v) is 12.9. The Hall–Kier alpha value is -0.880. The van der Waals surface area contributed by atoms with E-state index in [0.29, 0.717) is 33.0 Å². The second-order valence-electron chi connectivity index (χ2n) is 4.61. The minimum absolute atomic E-state index is 0.519. The average molecular weight is 285 g/mol. The normalized spacial score (nSPS) is 11.2. The molecule has 20 heavy (non-hydrogen) atoms. The van der Waals surface area contributed by atoms with E-state index in [-0.39, 0.29) is 0 Å². The van der Waals surface area contributed by atoms with Crippen molar-refractivity contribution in [2.45, 2.75) is 33.4 Å². The second kappa shape index (κ2) is 10.9. The predicted molar refractivity (Wildman–Crippen MR) is 77.8 cm³/mol. The van der Waals surface area contributed by atoms with E-state index in [9.17, 15) is 0 Å². The first kappa shape index (κ1) is 17.2. The van der Waals surface area contributed by atoms with Gasteiger partial charge in [0.05, 0.1) is 19.8 Å². The molecule has 0 bridgehead atoms. The predicted octanol–water partition coefficient (Wildman–Crippen LogP) is 2.27. The Bertz CT molecular complexity index is 352. The number of hydrogen-bond acceptors (Lipinski definition) is 5. The molecule has 5 nitrogen and oxygen atoms in total. The molecule has 0 aliphatic carbocycles. The van der Waals surface area contributed by atoms with E-state index in [2.05, 4.69) is 19.2 Å². The highest BCUT2D eigenvalue weighted by atomic mass is 16.5. The molecule has 0 radical (unpaired) electrons. The van der Waals surface area contributed by atoms with Crippen molar-refractivity contribution in [1.82, 2.24) is 5.32 Å². The fourth-order valence-corrected chi connectivity index (χ4v) is 1.76. The summed E-state index contributed by atoms with van der Waals surface area (Å²) in [4.78, 5) is 0. The molecule has 1 N–H and O–H groups in total. The molecule has 1 aromatic heterocycles. The fraction of sp³-hybridized carbons (Fsp3) is 0.733. The third-order valence-corrected chi connectivity index (χ3v) is 2.86. The summed E-state index contributed by atoms with van der Waals surface area (Å²) in [7, 11) is 1.67. The maximum atomic E-state index is 5.74. The highest BCUT2D eigenvalue weighted by Gasteiger charge is 2.06. The highest BCUT2D eigenvalue weighted by molar-refractivity contribution is 5.19. The quantitative estimate of drug-likeness (QED) is 0.597. The summed E-state index contributed by atoms with van der Waals surface area (Å²) in [6.45, 7) is 9.03. The molecule has 1 aromatic rings. The van der Waals surface area contributed by atoms with E-state index in [1.807, 2.05) is 6.07 Å². The van der Waals surface area contributed by atoms with Crippen LogP contribution in [0.2, 0.25) is 0 Å². The van der Waals surface area contributed by atoms with Crippen LogP contribution in [0.3, 0.4) is 0 Å². The number of nitrogens with one attached hydrogen (secondary N) is 1. The van der Waals surface area contributed by atoms with Crippen molar-refractivity contribution in [3.63, 3.8) is 0 Å². The number of furan rings is 1. The van der Waals surface area contributed by atoms with E-state index in [1.165, 1.54) is 5.56 Å². The largest absolute Gasteiger partial charge is 0.462 e. The molecule has 0 saturated carbocycles. The molecule has 0 spiro atoms. The molecule has 0 unspecified atom stereocenters. The van der Waals surface area contributed by atoms with Crippen LogP contribution >= 0.6 is 0 Å². The monoisotopic (exact) mass is 285 g/mol. The van der Waals surface area contributed by atoms with Gasteiger partial charge in [-0.3, -0.25) is 0 Å². The van der Waals surface area contributed by atoms with E-state index >= 15 is 0 Å². The maximum absolute atomic E-state index is 5.74. The number of methoxy groups -OCH3 is 1. The molecule has 0 amide bonds. The van der Waals surface area contributed by atoms with Gasteiger partial charge in [-0.25, -0.2) is 0 Å². The molecular formula is C15H27NO4. The van der Waals surface area contributed by atoms with E-state index in [1.54, 1.807) is 7.11 Å². The summed E-state index contributed by atoms with van der Waals surface area (Å²) in [6.07, 6.45) is 0.883. The Morgan fingerprint density at radius 2 is 1.95 bits per heavy atom. The Labute approximate surface area is 121 Å². The zero-order valence-electron chi connectivity index (χ0n) is 12.9. The van der Waals surface area contributed by atoms with Crippen LogP contribution in [-0.4, -0.2) is 40.1 Å². The van der Waals surface area contributed by atoms with Crippen LogP contribution in [0.15, 0.2) is 10.5 Å². The first-order valence-corrected chi connectivity index (χ1v) is 7.21. The molecule has 0 aliphatic rings. The minimum Gasteiger partial charge on any atom is -0.462 e. The summed E-state index contributed by atoms with van der Waals surface area (Å²) in [6, 6.07) is 2.04. The van der Waals surface area contributed by atoms with Gasteiger partial charge in [0.15, 0.2) is 0 Å². The third-order valence-electron chi connectivity index (χ3n) is 2.86. The van der Waals surface area contributed by atoms with Crippen LogP contribution in [-0.2, 0) is 27.4 Å². The standard InChI is InChI=1S/C15H27NO4/c1-4-16-11-15-13(2)10-14(20-15)12-19-7-5-6-18-9-8-17-3/h10,16H,4-9,11-12H2,1-3H3. The van der Waals surface area contributed by atoms with Crippen molar-refractivity contribution in [2.75, 3.05) is 40.1 Å². The number of hydrogen-bond donors (Lipinski definition) is 1. The van der Waals surface area contributed by atoms with Crippen molar-refractivity contribution in [3.8, 4) is 0 Å². The minimum atomic E-state index is 0.519. The zero-order chi connectivity index (χ0) is 14.6. The smallest absolute Gasteiger partial charge is 0.130 e. The summed E-state index contributed by atoms with van der Waals surface area (Å²) >= 11 is 0. The molecule has 5 heteroatoms. The van der Waals surface area contributed by atoms with Gasteiger partial charge < -0.3 is 23.9 Å². The van der Waals surface area contributed by atoms with Gasteiger partial charge in [0.1, 0.15) is 18.1 Å². The van der Waals surface area contributed by atoms with E-state index < -0.39 is 0 Å². The van der Waals surface area contributed by atoms with Gasteiger partial charge in [-0.05, 0) is 31.5 Å². The summed E-state index contributed by atoms with van der Waals surface area (Å²) in [5.74, 6) is 1.88. The Kier molecular flexibility index (Phi) is 9.32. The lowest BCUT2D eigenvalue weighted by Gasteiger charge is -2.04.